The van der Waals surface area contributed by atoms with E-state index in [-0.39, 0.29) is 18.9 Å². The molecule has 6 heteroatoms. The first-order valence-corrected chi connectivity index (χ1v) is 8.96. The minimum atomic E-state index is -0.0934. The molecule has 2 aromatic rings. The first-order valence-electron chi connectivity index (χ1n) is 8.96. The Balaban J connectivity index is 1.32. The second kappa shape index (κ2) is 7.15. The van der Waals surface area contributed by atoms with E-state index in [1.807, 2.05) is 48.2 Å². The maximum absolute atomic E-state index is 12.6. The summed E-state index contributed by atoms with van der Waals surface area (Å²) >= 11 is 0. The van der Waals surface area contributed by atoms with Crippen molar-refractivity contribution in [1.29, 1.82) is 0 Å². The Kier molecular flexibility index (Phi) is 4.56. The Morgan fingerprint density at radius 3 is 2.50 bits per heavy atom. The van der Waals surface area contributed by atoms with Gasteiger partial charge >= 0.3 is 6.03 Å². The van der Waals surface area contributed by atoms with Gasteiger partial charge in [-0.1, -0.05) is 24.3 Å². The molecule has 2 aliphatic rings. The standard InChI is InChI=1S/C20H23N3O3/c1-15(16-7-8-18-19(13-16)26-14-25-18)21-20(24)23-11-9-22(10-12-23)17-5-3-2-4-6-17/h2-8,13,15H,9-12,14H2,1H3,(H,21,24). The molecule has 1 fully saturated rings. The van der Waals surface area contributed by atoms with Crippen LogP contribution in [0.4, 0.5) is 10.5 Å². The number of hydrogen-bond donors (Lipinski definition) is 1. The fourth-order valence-corrected chi connectivity index (χ4v) is 3.35. The number of urea groups is 1. The number of carbonyl (C=O) groups excluding carboxylic acids is 1. The molecule has 0 bridgehead atoms. The normalized spacial score (nSPS) is 17.1. The highest BCUT2D eigenvalue weighted by atomic mass is 16.7. The van der Waals surface area contributed by atoms with Crippen molar-refractivity contribution in [2.45, 2.75) is 13.0 Å². The van der Waals surface area contributed by atoms with E-state index < -0.39 is 0 Å². The molecule has 136 valence electrons. The number of fused-ring (bicyclic) bond motifs is 1. The van der Waals surface area contributed by atoms with E-state index >= 15 is 0 Å². The first kappa shape index (κ1) is 16.6. The Morgan fingerprint density at radius 1 is 1.00 bits per heavy atom. The summed E-state index contributed by atoms with van der Waals surface area (Å²) < 4.78 is 10.7. The van der Waals surface area contributed by atoms with Gasteiger partial charge in [0.15, 0.2) is 11.5 Å². The quantitative estimate of drug-likeness (QED) is 0.922. The van der Waals surface area contributed by atoms with Crippen LogP contribution in [-0.2, 0) is 0 Å². The van der Waals surface area contributed by atoms with Crippen LogP contribution in [0, 0.1) is 0 Å². The van der Waals surface area contributed by atoms with E-state index in [0.29, 0.717) is 13.1 Å². The predicted octanol–water partition coefficient (Wildman–Crippen LogP) is 3.01. The van der Waals surface area contributed by atoms with Crippen molar-refractivity contribution in [1.82, 2.24) is 10.2 Å². The Morgan fingerprint density at radius 2 is 1.73 bits per heavy atom. The van der Waals surface area contributed by atoms with Crippen LogP contribution >= 0.6 is 0 Å². The summed E-state index contributed by atoms with van der Waals surface area (Å²) in [6, 6.07) is 16.0. The lowest BCUT2D eigenvalue weighted by molar-refractivity contribution is 0.174. The summed E-state index contributed by atoms with van der Waals surface area (Å²) in [5.41, 5.74) is 2.21. The number of nitrogens with zero attached hydrogens (tertiary/aromatic N) is 2. The van der Waals surface area contributed by atoms with Crippen molar-refractivity contribution >= 4 is 11.7 Å². The Bertz CT molecular complexity index is 773. The zero-order chi connectivity index (χ0) is 17.9. The fraction of sp³-hybridized carbons (Fsp3) is 0.350. The highest BCUT2D eigenvalue weighted by molar-refractivity contribution is 5.75. The number of carbonyl (C=O) groups is 1. The van der Waals surface area contributed by atoms with Crippen LogP contribution in [0.2, 0.25) is 0 Å². The molecule has 1 unspecified atom stereocenters. The van der Waals surface area contributed by atoms with Crippen molar-refractivity contribution in [3.8, 4) is 11.5 Å². The maximum Gasteiger partial charge on any atom is 0.317 e. The number of ether oxygens (including phenoxy) is 2. The van der Waals surface area contributed by atoms with Crippen LogP contribution in [0.1, 0.15) is 18.5 Å². The smallest absolute Gasteiger partial charge is 0.317 e. The summed E-state index contributed by atoms with van der Waals surface area (Å²) in [6.07, 6.45) is 0. The van der Waals surface area contributed by atoms with Crippen LogP contribution in [-0.4, -0.2) is 43.9 Å². The van der Waals surface area contributed by atoms with Gasteiger partial charge in [-0.3, -0.25) is 0 Å². The van der Waals surface area contributed by atoms with Crippen LogP contribution in [0.5, 0.6) is 11.5 Å². The molecule has 4 rings (SSSR count). The van der Waals surface area contributed by atoms with Crippen molar-refractivity contribution in [3.63, 3.8) is 0 Å². The molecule has 1 saturated heterocycles. The largest absolute Gasteiger partial charge is 0.454 e. The molecule has 26 heavy (non-hydrogen) atoms. The molecular formula is C20H23N3O3. The van der Waals surface area contributed by atoms with Gasteiger partial charge in [0.25, 0.3) is 0 Å². The number of piperazine rings is 1. The molecule has 0 spiro atoms. The minimum absolute atomic E-state index is 0.0251. The minimum Gasteiger partial charge on any atom is -0.454 e. The van der Waals surface area contributed by atoms with Gasteiger partial charge in [-0.05, 0) is 36.8 Å². The summed E-state index contributed by atoms with van der Waals surface area (Å²) in [4.78, 5) is 16.8. The molecular weight excluding hydrogens is 330 g/mol. The summed E-state index contributed by atoms with van der Waals surface area (Å²) in [7, 11) is 0. The molecule has 2 amide bonds. The Hall–Kier alpha value is -2.89. The number of hydrogen-bond acceptors (Lipinski definition) is 4. The molecule has 0 aliphatic carbocycles. The fourth-order valence-electron chi connectivity index (χ4n) is 3.35. The zero-order valence-electron chi connectivity index (χ0n) is 14.9. The van der Waals surface area contributed by atoms with Gasteiger partial charge in [0.05, 0.1) is 6.04 Å². The van der Waals surface area contributed by atoms with Crippen LogP contribution in [0.15, 0.2) is 48.5 Å². The van der Waals surface area contributed by atoms with Gasteiger partial charge in [0.1, 0.15) is 0 Å². The van der Waals surface area contributed by atoms with Crippen LogP contribution in [0.25, 0.3) is 0 Å². The molecule has 0 aromatic heterocycles. The van der Waals surface area contributed by atoms with E-state index in [1.165, 1.54) is 5.69 Å². The van der Waals surface area contributed by atoms with E-state index in [4.69, 9.17) is 9.47 Å². The lowest BCUT2D eigenvalue weighted by Gasteiger charge is -2.36. The third kappa shape index (κ3) is 3.40. The molecule has 2 aliphatic heterocycles. The average Bonchev–Trinajstić information content (AvgIpc) is 3.16. The molecule has 2 heterocycles. The van der Waals surface area contributed by atoms with E-state index in [1.54, 1.807) is 0 Å². The van der Waals surface area contributed by atoms with Crippen molar-refractivity contribution in [2.75, 3.05) is 37.9 Å². The summed E-state index contributed by atoms with van der Waals surface area (Å²) in [5.74, 6) is 1.49. The lowest BCUT2D eigenvalue weighted by Crippen LogP contribution is -2.52. The molecule has 0 radical (unpaired) electrons. The van der Waals surface area contributed by atoms with E-state index in [9.17, 15) is 4.79 Å². The van der Waals surface area contributed by atoms with Gasteiger partial charge in [0.2, 0.25) is 6.79 Å². The van der Waals surface area contributed by atoms with Crippen LogP contribution in [0.3, 0.4) is 0 Å². The van der Waals surface area contributed by atoms with Gasteiger partial charge in [0, 0.05) is 31.9 Å². The van der Waals surface area contributed by atoms with Crippen molar-refractivity contribution in [2.24, 2.45) is 0 Å². The van der Waals surface area contributed by atoms with Crippen LogP contribution < -0.4 is 19.7 Å². The van der Waals surface area contributed by atoms with Gasteiger partial charge < -0.3 is 24.6 Å². The number of rotatable bonds is 3. The predicted molar refractivity (Wildman–Crippen MR) is 99.7 cm³/mol. The lowest BCUT2D eigenvalue weighted by atomic mass is 10.1. The monoisotopic (exact) mass is 353 g/mol. The molecule has 0 saturated carbocycles. The average molecular weight is 353 g/mol. The number of para-hydroxylation sites is 1. The topological polar surface area (TPSA) is 54.0 Å². The third-order valence-electron chi connectivity index (χ3n) is 4.92. The van der Waals surface area contributed by atoms with Gasteiger partial charge in [-0.15, -0.1) is 0 Å². The summed E-state index contributed by atoms with van der Waals surface area (Å²) in [5, 5.41) is 3.08. The number of nitrogens with one attached hydrogen (secondary N) is 1. The van der Waals surface area contributed by atoms with Crippen molar-refractivity contribution < 1.29 is 14.3 Å². The summed E-state index contributed by atoms with van der Waals surface area (Å²) in [6.45, 7) is 5.36. The molecule has 2 aromatic carbocycles. The van der Waals surface area contributed by atoms with Gasteiger partial charge in [-0.25, -0.2) is 4.79 Å². The van der Waals surface area contributed by atoms with E-state index in [2.05, 4.69) is 22.3 Å². The maximum atomic E-state index is 12.6. The van der Waals surface area contributed by atoms with Crippen molar-refractivity contribution in [3.05, 3.63) is 54.1 Å². The van der Waals surface area contributed by atoms with Gasteiger partial charge in [-0.2, -0.15) is 0 Å². The highest BCUT2D eigenvalue weighted by Crippen LogP contribution is 2.34. The third-order valence-corrected chi connectivity index (χ3v) is 4.92. The van der Waals surface area contributed by atoms with E-state index in [0.717, 1.165) is 30.2 Å². The zero-order valence-corrected chi connectivity index (χ0v) is 14.9. The second-order valence-electron chi connectivity index (χ2n) is 6.59. The number of anilines is 1. The molecule has 1 N–H and O–H groups in total. The highest BCUT2D eigenvalue weighted by Gasteiger charge is 2.23. The number of benzene rings is 2. The SMILES string of the molecule is CC(NC(=O)N1CCN(c2ccccc2)CC1)c1ccc2c(c1)OCO2. The molecule has 6 nitrogen and oxygen atoms in total. The second-order valence-corrected chi connectivity index (χ2v) is 6.59. The first-order chi connectivity index (χ1) is 12.7. The molecule has 1 atom stereocenters. The number of amides is 2. The Labute approximate surface area is 153 Å².